The molecule has 63 heavy (non-hydrogen) atoms. The highest BCUT2D eigenvalue weighted by Crippen LogP contribution is 2.41. The van der Waals surface area contributed by atoms with E-state index < -0.39 is 42.7 Å². The van der Waals surface area contributed by atoms with Crippen LogP contribution in [-0.2, 0) is 56.1 Å². The number of rotatable bonds is 16. The molecule has 0 spiro atoms. The quantitative estimate of drug-likeness (QED) is 0.0618. The number of hydrogen-bond acceptors (Lipinski definition) is 8. The Labute approximate surface area is 379 Å². The predicted molar refractivity (Wildman–Crippen MR) is 247 cm³/mol. The zero-order valence-electron chi connectivity index (χ0n) is 35.2. The molecule has 0 aliphatic heterocycles. The molecule has 0 saturated heterocycles. The summed E-state index contributed by atoms with van der Waals surface area (Å²) < 4.78 is 0. The Morgan fingerprint density at radius 3 is 1.19 bits per heavy atom. The monoisotopic (exact) mass is 904 g/mol. The Morgan fingerprint density at radius 2 is 0.778 bits per heavy atom. The van der Waals surface area contributed by atoms with Gasteiger partial charge in [0.2, 0.25) is 0 Å². The molecule has 5 N–H and O–H groups in total. The lowest BCUT2D eigenvalue weighted by Crippen LogP contribution is -2.16. The maximum Gasteiger partial charge on any atom is 0.307 e. The molecule has 0 unspecified atom stereocenters. The second-order valence-corrected chi connectivity index (χ2v) is 17.6. The molecule has 0 aromatic heterocycles. The summed E-state index contributed by atoms with van der Waals surface area (Å²) in [4.78, 5) is 62.6. The molecule has 13 heteroatoms. The maximum absolute atomic E-state index is 11.6. The topological polar surface area (TPSA) is 186 Å². The zero-order chi connectivity index (χ0) is 46.1. The Balaban J connectivity index is 0.000000238. The Bertz CT molecular complexity index is 2490. The van der Waals surface area contributed by atoms with Crippen LogP contribution in [-0.4, -0.2) is 55.4 Å². The minimum Gasteiger partial charge on any atom is -0.481 e. The fourth-order valence-electron chi connectivity index (χ4n) is 6.50. The van der Waals surface area contributed by atoms with Crippen LogP contribution in [0.3, 0.4) is 0 Å². The summed E-state index contributed by atoms with van der Waals surface area (Å²) in [5, 5.41) is 46.2. The number of aliphatic carboxylic acids is 5. The predicted octanol–water partition coefficient (Wildman–Crippen LogP) is 10.9. The van der Waals surface area contributed by atoms with Crippen LogP contribution in [0.2, 0.25) is 0 Å². The molecule has 0 saturated carbocycles. The molecule has 10 nitrogen and oxygen atoms in total. The van der Waals surface area contributed by atoms with Gasteiger partial charge in [0.25, 0.3) is 0 Å². The highest BCUT2D eigenvalue weighted by Gasteiger charge is 2.25. The van der Waals surface area contributed by atoms with Gasteiger partial charge in [-0.3, -0.25) is 24.0 Å². The standard InChI is InChI=1S/C24H26O8S.C14H12O2S.C12H10S/c1-11-5-15(7-20(25)26)12(2)19(6-11)33-24-14(4)17(9-22(29)30)16(8-21(27)28)13(3)18(24)10-23(31)32;15-14(16)10-11-6-8-13(9-7-11)17-12-4-2-1-3-5-12;1-3-7-11(8-4-1)13-12-9-5-2-6-10-12/h5-6H,7-10H2,1-4H3,(H,25,26)(H,27,28)(H,29,30)(H,31,32);1-9H,10H2,(H,15,16);1-10H. The van der Waals surface area contributed by atoms with Crippen LogP contribution < -0.4 is 0 Å². The summed E-state index contributed by atoms with van der Waals surface area (Å²) in [6, 6.07) is 42.2. The van der Waals surface area contributed by atoms with E-state index in [2.05, 4.69) is 60.7 Å². The Hall–Kier alpha value is -6.28. The van der Waals surface area contributed by atoms with Gasteiger partial charge in [-0.05, 0) is 132 Å². The van der Waals surface area contributed by atoms with Crippen LogP contribution in [0, 0.1) is 27.7 Å². The lowest BCUT2D eigenvalue weighted by atomic mass is 9.88. The summed E-state index contributed by atoms with van der Waals surface area (Å²) in [6.45, 7) is 6.90. The second kappa shape index (κ2) is 24.4. The van der Waals surface area contributed by atoms with Gasteiger partial charge in [-0.15, -0.1) is 0 Å². The summed E-state index contributed by atoms with van der Waals surface area (Å²) in [5.41, 5.74) is 5.09. The molecule has 6 rings (SSSR count). The molecule has 0 fully saturated rings. The fourth-order valence-corrected chi connectivity index (χ4v) is 9.57. The first kappa shape index (κ1) is 49.4. The first-order valence-electron chi connectivity index (χ1n) is 19.6. The maximum atomic E-state index is 11.6. The van der Waals surface area contributed by atoms with Crippen molar-refractivity contribution in [3.8, 4) is 0 Å². The summed E-state index contributed by atoms with van der Waals surface area (Å²) in [7, 11) is 0. The highest BCUT2D eigenvalue weighted by molar-refractivity contribution is 8.00. The van der Waals surface area contributed by atoms with E-state index in [9.17, 15) is 44.4 Å². The molecular formula is C50H48O10S3. The van der Waals surface area contributed by atoms with Crippen molar-refractivity contribution >= 4 is 65.1 Å². The van der Waals surface area contributed by atoms with E-state index in [1.54, 1.807) is 50.4 Å². The van der Waals surface area contributed by atoms with Crippen LogP contribution in [0.15, 0.2) is 157 Å². The van der Waals surface area contributed by atoms with Crippen molar-refractivity contribution in [3.05, 3.63) is 177 Å². The van der Waals surface area contributed by atoms with Crippen molar-refractivity contribution in [1.82, 2.24) is 0 Å². The molecule has 0 bridgehead atoms. The van der Waals surface area contributed by atoms with Gasteiger partial charge in [0.05, 0.1) is 32.1 Å². The van der Waals surface area contributed by atoms with E-state index in [-0.39, 0.29) is 19.3 Å². The molecule has 0 amide bonds. The van der Waals surface area contributed by atoms with Crippen molar-refractivity contribution < 1.29 is 49.5 Å². The van der Waals surface area contributed by atoms with Gasteiger partial charge in [0.1, 0.15) is 0 Å². The van der Waals surface area contributed by atoms with E-state index in [1.165, 1.54) is 26.4 Å². The lowest BCUT2D eigenvalue weighted by molar-refractivity contribution is -0.137. The first-order chi connectivity index (χ1) is 30.0. The molecule has 6 aromatic carbocycles. The van der Waals surface area contributed by atoms with Crippen molar-refractivity contribution in [1.29, 1.82) is 0 Å². The van der Waals surface area contributed by atoms with E-state index in [1.807, 2.05) is 67.6 Å². The van der Waals surface area contributed by atoms with Gasteiger partial charge < -0.3 is 25.5 Å². The summed E-state index contributed by atoms with van der Waals surface area (Å²) in [5.74, 6) is -5.13. The third-order valence-corrected chi connectivity index (χ3v) is 12.9. The van der Waals surface area contributed by atoms with Gasteiger partial charge in [-0.2, -0.15) is 0 Å². The number of aryl methyl sites for hydroxylation is 1. The third kappa shape index (κ3) is 16.2. The molecule has 0 aliphatic rings. The van der Waals surface area contributed by atoms with E-state index >= 15 is 0 Å². The molecule has 0 atom stereocenters. The third-order valence-electron chi connectivity index (χ3n) is 9.47. The minimum absolute atomic E-state index is 0.0796. The van der Waals surface area contributed by atoms with Gasteiger partial charge in [0, 0.05) is 29.4 Å². The van der Waals surface area contributed by atoms with Crippen LogP contribution in [0.1, 0.15) is 50.1 Å². The van der Waals surface area contributed by atoms with Gasteiger partial charge in [0.15, 0.2) is 0 Å². The largest absolute Gasteiger partial charge is 0.481 e. The molecule has 6 aromatic rings. The van der Waals surface area contributed by atoms with Crippen LogP contribution in [0.4, 0.5) is 0 Å². The van der Waals surface area contributed by atoms with Crippen molar-refractivity contribution in [2.75, 3.05) is 0 Å². The normalized spacial score (nSPS) is 10.4. The van der Waals surface area contributed by atoms with Crippen molar-refractivity contribution in [2.45, 2.75) is 89.2 Å². The van der Waals surface area contributed by atoms with E-state index in [0.717, 1.165) is 26.5 Å². The van der Waals surface area contributed by atoms with Crippen LogP contribution in [0.25, 0.3) is 0 Å². The highest BCUT2D eigenvalue weighted by atomic mass is 32.2. The average molecular weight is 905 g/mol. The molecule has 0 heterocycles. The summed E-state index contributed by atoms with van der Waals surface area (Å²) in [6.07, 6.45) is -1.26. The zero-order valence-corrected chi connectivity index (χ0v) is 37.6. The van der Waals surface area contributed by atoms with Gasteiger partial charge >= 0.3 is 29.8 Å². The van der Waals surface area contributed by atoms with E-state index in [0.29, 0.717) is 38.3 Å². The first-order valence-corrected chi connectivity index (χ1v) is 22.1. The average Bonchev–Trinajstić information content (AvgIpc) is 3.23. The summed E-state index contributed by atoms with van der Waals surface area (Å²) >= 11 is 4.71. The lowest BCUT2D eigenvalue weighted by Gasteiger charge is -2.23. The Morgan fingerprint density at radius 1 is 0.397 bits per heavy atom. The van der Waals surface area contributed by atoms with Gasteiger partial charge in [-0.25, -0.2) is 0 Å². The van der Waals surface area contributed by atoms with Crippen molar-refractivity contribution in [2.24, 2.45) is 0 Å². The molecule has 0 radical (unpaired) electrons. The number of hydrogen-bond donors (Lipinski definition) is 5. The Kier molecular flexibility index (Phi) is 19.1. The van der Waals surface area contributed by atoms with Crippen LogP contribution >= 0.6 is 35.3 Å². The number of benzene rings is 6. The SMILES string of the molecule is Cc1cc(CC(=O)O)c(C)c(Sc2c(C)c(CC(=O)O)c(CC(=O)O)c(C)c2CC(=O)O)c1.O=C(O)Cc1ccc(Sc2ccccc2)cc1.c1ccc(Sc2ccccc2)cc1. The minimum atomic E-state index is -1.14. The molecule has 0 aliphatic carbocycles. The smallest absolute Gasteiger partial charge is 0.307 e. The fraction of sp³-hybridized carbons (Fsp3) is 0.180. The molecular weight excluding hydrogens is 857 g/mol. The number of carboxylic acids is 5. The molecule has 326 valence electrons. The van der Waals surface area contributed by atoms with E-state index in [4.69, 9.17) is 5.11 Å². The van der Waals surface area contributed by atoms with Crippen LogP contribution in [0.5, 0.6) is 0 Å². The number of carboxylic acid groups (broad SMARTS) is 5. The number of carbonyl (C=O) groups is 5. The van der Waals surface area contributed by atoms with Crippen molar-refractivity contribution in [3.63, 3.8) is 0 Å². The second-order valence-electron chi connectivity index (χ2n) is 14.3. The van der Waals surface area contributed by atoms with Gasteiger partial charge in [-0.1, -0.05) is 108 Å².